The molecule has 2 heterocycles. The summed E-state index contributed by atoms with van der Waals surface area (Å²) >= 11 is 0. The number of anilines is 1. The van der Waals surface area contributed by atoms with Crippen LogP contribution in [-0.2, 0) is 20.1 Å². The van der Waals surface area contributed by atoms with Gasteiger partial charge in [0.2, 0.25) is 0 Å². The molecule has 1 unspecified atom stereocenters. The van der Waals surface area contributed by atoms with Crippen molar-refractivity contribution in [3.63, 3.8) is 0 Å². The van der Waals surface area contributed by atoms with Crippen LogP contribution in [0.1, 0.15) is 43.0 Å². The van der Waals surface area contributed by atoms with Crippen LogP contribution in [0.4, 0.5) is 10.5 Å². The van der Waals surface area contributed by atoms with Gasteiger partial charge in [0.15, 0.2) is 0 Å². The summed E-state index contributed by atoms with van der Waals surface area (Å²) < 4.78 is 1.69. The maximum absolute atomic E-state index is 12.2. The second-order valence-corrected chi connectivity index (χ2v) is 7.19. The highest BCUT2D eigenvalue weighted by Crippen LogP contribution is 2.21. The van der Waals surface area contributed by atoms with Crippen molar-refractivity contribution in [2.24, 2.45) is 7.05 Å². The molecule has 6 nitrogen and oxygen atoms in total. The van der Waals surface area contributed by atoms with Crippen molar-refractivity contribution in [3.8, 4) is 0 Å². The topological polar surface area (TPSA) is 62.2 Å². The van der Waals surface area contributed by atoms with Crippen LogP contribution in [-0.4, -0.2) is 33.3 Å². The minimum Gasteiger partial charge on any atom is -0.334 e. The lowest BCUT2D eigenvalue weighted by atomic mass is 10.0. The van der Waals surface area contributed by atoms with E-state index in [1.807, 2.05) is 20.0 Å². The van der Waals surface area contributed by atoms with Crippen LogP contribution in [0, 0.1) is 6.92 Å². The number of carbonyl (C=O) groups excluding carboxylic acids is 1. The van der Waals surface area contributed by atoms with Crippen LogP contribution in [0.5, 0.6) is 0 Å². The maximum atomic E-state index is 12.2. The van der Waals surface area contributed by atoms with E-state index in [1.54, 1.807) is 10.9 Å². The minimum atomic E-state index is -0.206. The number of likely N-dealkylation sites (tertiary alicyclic amines) is 1. The summed E-state index contributed by atoms with van der Waals surface area (Å²) in [6, 6.07) is 8.79. The van der Waals surface area contributed by atoms with Gasteiger partial charge in [-0.1, -0.05) is 30.7 Å². The zero-order chi connectivity index (χ0) is 18.5. The van der Waals surface area contributed by atoms with Crippen molar-refractivity contribution >= 4 is 11.7 Å². The number of amides is 2. The molecule has 0 spiro atoms. The highest BCUT2D eigenvalue weighted by atomic mass is 16.2. The summed E-state index contributed by atoms with van der Waals surface area (Å²) in [5.41, 5.74) is 4.00. The van der Waals surface area contributed by atoms with E-state index in [0.717, 1.165) is 24.5 Å². The summed E-state index contributed by atoms with van der Waals surface area (Å²) in [6.07, 6.45) is 5.68. The number of nitrogens with one attached hydrogen (secondary N) is 2. The lowest BCUT2D eigenvalue weighted by Crippen LogP contribution is -2.37. The molecule has 0 bridgehead atoms. The van der Waals surface area contributed by atoms with Crippen molar-refractivity contribution in [2.45, 2.75) is 52.2 Å². The largest absolute Gasteiger partial charge is 0.334 e. The quantitative estimate of drug-likeness (QED) is 0.864. The third-order valence-electron chi connectivity index (χ3n) is 5.13. The van der Waals surface area contributed by atoms with Gasteiger partial charge in [-0.05, 0) is 44.4 Å². The molecule has 1 aromatic heterocycles. The molecule has 0 saturated carbocycles. The molecule has 3 rings (SSSR count). The maximum Gasteiger partial charge on any atom is 0.319 e. The first-order chi connectivity index (χ1) is 12.5. The Kier molecular flexibility index (Phi) is 5.93. The number of rotatable bonds is 5. The first kappa shape index (κ1) is 18.5. The smallest absolute Gasteiger partial charge is 0.319 e. The van der Waals surface area contributed by atoms with Gasteiger partial charge in [-0.3, -0.25) is 9.58 Å². The van der Waals surface area contributed by atoms with Crippen LogP contribution in [0.3, 0.4) is 0 Å². The number of hydrogen-bond donors (Lipinski definition) is 2. The molecule has 2 aromatic rings. The monoisotopic (exact) mass is 355 g/mol. The summed E-state index contributed by atoms with van der Waals surface area (Å²) in [6.45, 7) is 6.81. The SMILES string of the molecule is Cc1nn(C)cc1NC(=O)NCc1ccccc1CN1CCCCC1C. The molecule has 0 radical (unpaired) electrons. The summed E-state index contributed by atoms with van der Waals surface area (Å²) in [5, 5.41) is 10.1. The van der Waals surface area contributed by atoms with Gasteiger partial charge in [0.25, 0.3) is 0 Å². The Bertz CT molecular complexity index is 754. The molecule has 1 saturated heterocycles. The molecule has 6 heteroatoms. The van der Waals surface area contributed by atoms with Gasteiger partial charge >= 0.3 is 6.03 Å². The molecule has 1 aromatic carbocycles. The lowest BCUT2D eigenvalue weighted by Gasteiger charge is -2.33. The normalized spacial score (nSPS) is 17.9. The average molecular weight is 355 g/mol. The van der Waals surface area contributed by atoms with E-state index in [1.165, 1.54) is 30.4 Å². The predicted octanol–water partition coefficient (Wildman–Crippen LogP) is 3.42. The molecule has 2 N–H and O–H groups in total. The molecular formula is C20H29N5O. The van der Waals surface area contributed by atoms with Gasteiger partial charge < -0.3 is 10.6 Å². The van der Waals surface area contributed by atoms with Crippen molar-refractivity contribution in [1.82, 2.24) is 20.0 Å². The first-order valence-electron chi connectivity index (χ1n) is 9.39. The molecule has 1 fully saturated rings. The van der Waals surface area contributed by atoms with Crippen molar-refractivity contribution in [3.05, 3.63) is 47.3 Å². The molecular weight excluding hydrogens is 326 g/mol. The summed E-state index contributed by atoms with van der Waals surface area (Å²) in [4.78, 5) is 14.8. The van der Waals surface area contributed by atoms with Gasteiger partial charge in [0.05, 0.1) is 11.4 Å². The van der Waals surface area contributed by atoms with E-state index in [2.05, 4.69) is 45.8 Å². The van der Waals surface area contributed by atoms with Crippen LogP contribution in [0.25, 0.3) is 0 Å². The molecule has 0 aliphatic carbocycles. The third-order valence-corrected chi connectivity index (χ3v) is 5.13. The molecule has 1 atom stereocenters. The second kappa shape index (κ2) is 8.36. The van der Waals surface area contributed by atoms with Gasteiger partial charge in [-0.25, -0.2) is 4.79 Å². The van der Waals surface area contributed by atoms with E-state index in [-0.39, 0.29) is 6.03 Å². The Morgan fingerprint density at radius 1 is 1.27 bits per heavy atom. The van der Waals surface area contributed by atoms with Gasteiger partial charge in [0, 0.05) is 32.4 Å². The minimum absolute atomic E-state index is 0.206. The Labute approximate surface area is 155 Å². The Morgan fingerprint density at radius 2 is 2.04 bits per heavy atom. The van der Waals surface area contributed by atoms with Crippen LogP contribution < -0.4 is 10.6 Å². The standard InChI is InChI=1S/C20H29N5O/c1-15-8-6-7-11-25(15)13-18-10-5-4-9-17(18)12-21-20(26)22-19-14-24(3)23-16(19)2/h4-5,9-10,14-15H,6-8,11-13H2,1-3H3,(H2,21,22,26). The zero-order valence-corrected chi connectivity index (χ0v) is 16.0. The fourth-order valence-corrected chi connectivity index (χ4v) is 3.56. The van der Waals surface area contributed by atoms with Crippen molar-refractivity contribution < 1.29 is 4.79 Å². The van der Waals surface area contributed by atoms with Crippen LogP contribution in [0.15, 0.2) is 30.5 Å². The Hall–Kier alpha value is -2.34. The number of aromatic nitrogens is 2. The van der Waals surface area contributed by atoms with E-state index in [0.29, 0.717) is 12.6 Å². The number of urea groups is 1. The number of piperidine rings is 1. The van der Waals surface area contributed by atoms with Crippen molar-refractivity contribution in [1.29, 1.82) is 0 Å². The van der Waals surface area contributed by atoms with Crippen molar-refractivity contribution in [2.75, 3.05) is 11.9 Å². The van der Waals surface area contributed by atoms with Gasteiger partial charge in [-0.2, -0.15) is 5.10 Å². The fraction of sp³-hybridized carbons (Fsp3) is 0.500. The third kappa shape index (κ3) is 4.64. The highest BCUT2D eigenvalue weighted by molar-refractivity contribution is 5.89. The molecule has 2 amide bonds. The number of benzene rings is 1. The van der Waals surface area contributed by atoms with Gasteiger partial charge in [-0.15, -0.1) is 0 Å². The Morgan fingerprint density at radius 3 is 2.73 bits per heavy atom. The fourth-order valence-electron chi connectivity index (χ4n) is 3.56. The summed E-state index contributed by atoms with van der Waals surface area (Å²) in [5.74, 6) is 0. The van der Waals surface area contributed by atoms with Crippen LogP contribution in [0.2, 0.25) is 0 Å². The van der Waals surface area contributed by atoms with E-state index >= 15 is 0 Å². The van der Waals surface area contributed by atoms with E-state index in [9.17, 15) is 4.79 Å². The van der Waals surface area contributed by atoms with E-state index < -0.39 is 0 Å². The average Bonchev–Trinajstić information content (AvgIpc) is 2.93. The first-order valence-corrected chi connectivity index (χ1v) is 9.39. The predicted molar refractivity (Wildman–Crippen MR) is 104 cm³/mol. The zero-order valence-electron chi connectivity index (χ0n) is 16.0. The number of carbonyl (C=O) groups is 1. The number of hydrogen-bond acceptors (Lipinski definition) is 3. The Balaban J connectivity index is 1.59. The molecule has 140 valence electrons. The van der Waals surface area contributed by atoms with E-state index in [4.69, 9.17) is 0 Å². The van der Waals surface area contributed by atoms with Gasteiger partial charge in [0.1, 0.15) is 0 Å². The molecule has 1 aliphatic heterocycles. The highest BCUT2D eigenvalue weighted by Gasteiger charge is 2.19. The summed E-state index contributed by atoms with van der Waals surface area (Å²) in [7, 11) is 1.84. The molecule has 26 heavy (non-hydrogen) atoms. The second-order valence-electron chi connectivity index (χ2n) is 7.19. The lowest BCUT2D eigenvalue weighted by molar-refractivity contribution is 0.152. The number of aryl methyl sites for hydroxylation is 2. The molecule has 1 aliphatic rings. The number of nitrogens with zero attached hydrogens (tertiary/aromatic N) is 3. The van der Waals surface area contributed by atoms with Crippen LogP contribution >= 0.6 is 0 Å².